The van der Waals surface area contributed by atoms with Gasteiger partial charge in [0, 0.05) is 31.5 Å². The number of pyridine rings is 1. The van der Waals surface area contributed by atoms with Crippen LogP contribution >= 0.6 is 0 Å². The number of hydrogen-bond donors (Lipinski definition) is 1. The van der Waals surface area contributed by atoms with E-state index in [0.717, 1.165) is 32.5 Å². The van der Waals surface area contributed by atoms with Gasteiger partial charge in [0.2, 0.25) is 0 Å². The Balaban J connectivity index is 1.82. The zero-order valence-corrected chi connectivity index (χ0v) is 13.1. The zero-order chi connectivity index (χ0) is 15.3. The maximum atomic E-state index is 11.8. The molecule has 0 aliphatic carbocycles. The molecule has 1 N–H and O–H groups in total. The largest absolute Gasteiger partial charge is 0.444 e. The Labute approximate surface area is 126 Å². The molecular weight excluding hydrogens is 266 g/mol. The summed E-state index contributed by atoms with van der Waals surface area (Å²) in [5, 5.41) is 2.98. The fraction of sp³-hybridized carbons (Fsp3) is 0.625. The van der Waals surface area contributed by atoms with E-state index in [0.29, 0.717) is 0 Å². The minimum absolute atomic E-state index is 0.162. The van der Waals surface area contributed by atoms with Crippen molar-refractivity contribution in [2.75, 3.05) is 13.1 Å². The summed E-state index contributed by atoms with van der Waals surface area (Å²) < 4.78 is 5.32. The molecule has 1 atom stereocenters. The van der Waals surface area contributed by atoms with Gasteiger partial charge in [-0.05, 0) is 57.9 Å². The lowest BCUT2D eigenvalue weighted by molar-refractivity contribution is 0.0470. The van der Waals surface area contributed by atoms with E-state index >= 15 is 0 Å². The number of aromatic nitrogens is 1. The first kappa shape index (κ1) is 15.8. The Kier molecular flexibility index (Phi) is 5.17. The maximum absolute atomic E-state index is 11.8. The standard InChI is InChI=1S/C16H25N3O2/c1-16(2,3)21-15(20)18-14-5-4-10-19(12-14)11-13-6-8-17-9-7-13/h6-9,14H,4-5,10-12H2,1-3H3,(H,18,20)/t14-/m0/s1. The third-order valence-corrected chi connectivity index (χ3v) is 3.38. The predicted octanol–water partition coefficient (Wildman–Crippen LogP) is 2.57. The first-order valence-electron chi connectivity index (χ1n) is 7.53. The molecule has 1 saturated heterocycles. The predicted molar refractivity (Wildman–Crippen MR) is 81.9 cm³/mol. The van der Waals surface area contributed by atoms with Gasteiger partial charge in [-0.15, -0.1) is 0 Å². The van der Waals surface area contributed by atoms with E-state index in [1.165, 1.54) is 5.56 Å². The quantitative estimate of drug-likeness (QED) is 0.930. The lowest BCUT2D eigenvalue weighted by atomic mass is 10.1. The van der Waals surface area contributed by atoms with Gasteiger partial charge in [-0.25, -0.2) is 4.79 Å². The van der Waals surface area contributed by atoms with Crippen LogP contribution in [0.3, 0.4) is 0 Å². The van der Waals surface area contributed by atoms with E-state index in [2.05, 4.69) is 15.2 Å². The molecule has 5 nitrogen and oxygen atoms in total. The molecule has 0 radical (unpaired) electrons. The number of hydrogen-bond acceptors (Lipinski definition) is 4. The van der Waals surface area contributed by atoms with Crippen molar-refractivity contribution >= 4 is 6.09 Å². The second kappa shape index (κ2) is 6.89. The van der Waals surface area contributed by atoms with Crippen molar-refractivity contribution in [2.24, 2.45) is 0 Å². The molecule has 1 aliphatic heterocycles. The smallest absolute Gasteiger partial charge is 0.407 e. The molecule has 2 rings (SSSR count). The highest BCUT2D eigenvalue weighted by Gasteiger charge is 2.24. The van der Waals surface area contributed by atoms with Crippen molar-refractivity contribution in [3.8, 4) is 0 Å². The van der Waals surface area contributed by atoms with Crippen molar-refractivity contribution in [1.29, 1.82) is 0 Å². The number of piperidine rings is 1. The number of carbonyl (C=O) groups is 1. The molecule has 1 aliphatic rings. The molecular formula is C16H25N3O2. The molecule has 0 aromatic carbocycles. The van der Waals surface area contributed by atoms with E-state index in [9.17, 15) is 4.79 Å². The van der Waals surface area contributed by atoms with Crippen molar-refractivity contribution in [3.05, 3.63) is 30.1 Å². The van der Waals surface area contributed by atoms with Crippen LogP contribution in [-0.4, -0.2) is 40.7 Å². The van der Waals surface area contributed by atoms with Crippen LogP contribution in [-0.2, 0) is 11.3 Å². The topological polar surface area (TPSA) is 54.5 Å². The molecule has 1 amide bonds. The normalized spacial score (nSPS) is 20.0. The number of nitrogens with zero attached hydrogens (tertiary/aromatic N) is 2. The second-order valence-corrected chi connectivity index (χ2v) is 6.58. The Morgan fingerprint density at radius 3 is 2.81 bits per heavy atom. The molecule has 2 heterocycles. The summed E-state index contributed by atoms with van der Waals surface area (Å²) in [6.45, 7) is 8.46. The van der Waals surface area contributed by atoms with E-state index in [4.69, 9.17) is 4.74 Å². The lowest BCUT2D eigenvalue weighted by Gasteiger charge is -2.33. The highest BCUT2D eigenvalue weighted by Crippen LogP contribution is 2.14. The summed E-state index contributed by atoms with van der Waals surface area (Å²) in [7, 11) is 0. The van der Waals surface area contributed by atoms with Crippen LogP contribution in [0.25, 0.3) is 0 Å². The van der Waals surface area contributed by atoms with Crippen LogP contribution in [0, 0.1) is 0 Å². The monoisotopic (exact) mass is 291 g/mol. The summed E-state index contributed by atoms with van der Waals surface area (Å²) in [6, 6.07) is 4.23. The van der Waals surface area contributed by atoms with Crippen LogP contribution in [0.5, 0.6) is 0 Å². The number of rotatable bonds is 3. The maximum Gasteiger partial charge on any atom is 0.407 e. The zero-order valence-electron chi connectivity index (χ0n) is 13.1. The van der Waals surface area contributed by atoms with Crippen molar-refractivity contribution in [2.45, 2.75) is 51.8 Å². The minimum Gasteiger partial charge on any atom is -0.444 e. The molecule has 0 bridgehead atoms. The van der Waals surface area contributed by atoms with Gasteiger partial charge >= 0.3 is 6.09 Å². The van der Waals surface area contributed by atoms with Gasteiger partial charge < -0.3 is 10.1 Å². The average molecular weight is 291 g/mol. The van der Waals surface area contributed by atoms with Crippen molar-refractivity contribution in [1.82, 2.24) is 15.2 Å². The lowest BCUT2D eigenvalue weighted by Crippen LogP contribution is -2.48. The summed E-state index contributed by atoms with van der Waals surface area (Å²) in [5.74, 6) is 0. The summed E-state index contributed by atoms with van der Waals surface area (Å²) in [5.41, 5.74) is 0.804. The van der Waals surface area contributed by atoms with Crippen molar-refractivity contribution in [3.63, 3.8) is 0 Å². The number of carbonyl (C=O) groups excluding carboxylic acids is 1. The number of likely N-dealkylation sites (tertiary alicyclic amines) is 1. The average Bonchev–Trinajstić information content (AvgIpc) is 2.38. The van der Waals surface area contributed by atoms with Crippen LogP contribution in [0.1, 0.15) is 39.2 Å². The van der Waals surface area contributed by atoms with Gasteiger partial charge in [-0.3, -0.25) is 9.88 Å². The van der Waals surface area contributed by atoms with Gasteiger partial charge in [0.15, 0.2) is 0 Å². The van der Waals surface area contributed by atoms with E-state index < -0.39 is 5.60 Å². The molecule has 0 unspecified atom stereocenters. The Morgan fingerprint density at radius 1 is 1.43 bits per heavy atom. The fourth-order valence-corrected chi connectivity index (χ4v) is 2.54. The first-order valence-corrected chi connectivity index (χ1v) is 7.53. The molecule has 21 heavy (non-hydrogen) atoms. The highest BCUT2D eigenvalue weighted by atomic mass is 16.6. The summed E-state index contributed by atoms with van der Waals surface area (Å²) >= 11 is 0. The molecule has 1 aromatic heterocycles. The Morgan fingerprint density at radius 2 is 2.14 bits per heavy atom. The Bertz CT molecular complexity index is 456. The molecule has 0 saturated carbocycles. The van der Waals surface area contributed by atoms with Gasteiger partial charge in [0.05, 0.1) is 0 Å². The minimum atomic E-state index is -0.449. The van der Waals surface area contributed by atoms with Gasteiger partial charge in [0.25, 0.3) is 0 Å². The van der Waals surface area contributed by atoms with Gasteiger partial charge in [0.1, 0.15) is 5.60 Å². The SMILES string of the molecule is CC(C)(C)OC(=O)N[C@H]1CCCN(Cc2ccncc2)C1. The second-order valence-electron chi connectivity index (χ2n) is 6.58. The van der Waals surface area contributed by atoms with E-state index in [1.54, 1.807) is 0 Å². The van der Waals surface area contributed by atoms with Crippen LogP contribution in [0.2, 0.25) is 0 Å². The number of ether oxygens (including phenoxy) is 1. The molecule has 0 spiro atoms. The molecule has 1 fully saturated rings. The molecule has 5 heteroatoms. The van der Waals surface area contributed by atoms with E-state index in [-0.39, 0.29) is 12.1 Å². The third-order valence-electron chi connectivity index (χ3n) is 3.38. The summed E-state index contributed by atoms with van der Waals surface area (Å²) in [6.07, 6.45) is 5.40. The Hall–Kier alpha value is -1.62. The number of nitrogens with one attached hydrogen (secondary N) is 1. The van der Waals surface area contributed by atoms with E-state index in [1.807, 2.05) is 45.3 Å². The third kappa shape index (κ3) is 5.71. The highest BCUT2D eigenvalue weighted by molar-refractivity contribution is 5.68. The molecule has 1 aromatic rings. The number of amides is 1. The van der Waals surface area contributed by atoms with Crippen LogP contribution in [0.15, 0.2) is 24.5 Å². The summed E-state index contributed by atoms with van der Waals surface area (Å²) in [4.78, 5) is 18.2. The molecule has 116 valence electrons. The van der Waals surface area contributed by atoms with Gasteiger partial charge in [-0.2, -0.15) is 0 Å². The number of alkyl carbamates (subject to hydrolysis) is 1. The fourth-order valence-electron chi connectivity index (χ4n) is 2.54. The van der Waals surface area contributed by atoms with Crippen molar-refractivity contribution < 1.29 is 9.53 Å². The van der Waals surface area contributed by atoms with Gasteiger partial charge in [-0.1, -0.05) is 0 Å². The first-order chi connectivity index (χ1) is 9.92. The van der Waals surface area contributed by atoms with Crippen LogP contribution < -0.4 is 5.32 Å². The van der Waals surface area contributed by atoms with Crippen LogP contribution in [0.4, 0.5) is 4.79 Å².